The summed E-state index contributed by atoms with van der Waals surface area (Å²) in [5.41, 5.74) is 1.41. The van der Waals surface area contributed by atoms with Crippen LogP contribution in [-0.2, 0) is 19.1 Å². The van der Waals surface area contributed by atoms with E-state index in [1.54, 1.807) is 43.0 Å². The van der Waals surface area contributed by atoms with Crippen LogP contribution in [0.15, 0.2) is 58.4 Å². The molecule has 1 saturated heterocycles. The van der Waals surface area contributed by atoms with Crippen LogP contribution in [0.4, 0.5) is 5.69 Å². The zero-order valence-electron chi connectivity index (χ0n) is 21.4. The Labute approximate surface area is 243 Å². The summed E-state index contributed by atoms with van der Waals surface area (Å²) in [4.78, 5) is 57.4. The molecule has 3 aromatic rings. The molecular formula is C29H25ClN2O6S2. The van der Waals surface area contributed by atoms with Crippen LogP contribution >= 0.6 is 34.7 Å². The fourth-order valence-electron chi connectivity index (χ4n) is 7.42. The molecule has 7 rings (SSSR count). The van der Waals surface area contributed by atoms with Crippen molar-refractivity contribution in [1.29, 1.82) is 0 Å². The van der Waals surface area contributed by atoms with E-state index >= 15 is 0 Å². The number of esters is 1. The maximum Gasteiger partial charge on any atom is 0.344 e. The van der Waals surface area contributed by atoms with Gasteiger partial charge in [-0.1, -0.05) is 41.1 Å². The molecule has 2 aromatic carbocycles. The maximum absolute atomic E-state index is 13.9. The third-order valence-corrected chi connectivity index (χ3v) is 11.6. The van der Waals surface area contributed by atoms with Crippen molar-refractivity contribution in [3.63, 3.8) is 0 Å². The number of amides is 2. The molecule has 206 valence electrons. The number of nitrogens with one attached hydrogen (secondary N) is 1. The van der Waals surface area contributed by atoms with Gasteiger partial charge in [-0.15, -0.1) is 11.8 Å². The van der Waals surface area contributed by atoms with Gasteiger partial charge in [0.1, 0.15) is 5.75 Å². The lowest BCUT2D eigenvalue weighted by Crippen LogP contribution is -2.42. The van der Waals surface area contributed by atoms with Gasteiger partial charge in [-0.05, 0) is 61.4 Å². The lowest BCUT2D eigenvalue weighted by Gasteiger charge is -2.43. The molecule has 1 aromatic heterocycles. The van der Waals surface area contributed by atoms with Crippen molar-refractivity contribution < 1.29 is 23.9 Å². The van der Waals surface area contributed by atoms with Gasteiger partial charge in [0.05, 0.1) is 29.2 Å². The molecule has 4 unspecified atom stereocenters. The molecule has 40 heavy (non-hydrogen) atoms. The number of ether oxygens (including phenoxy) is 2. The second kappa shape index (κ2) is 9.78. The molecular weight excluding hydrogens is 572 g/mol. The largest absolute Gasteiger partial charge is 0.482 e. The van der Waals surface area contributed by atoms with Gasteiger partial charge < -0.3 is 14.5 Å². The van der Waals surface area contributed by atoms with Crippen LogP contribution in [0.2, 0.25) is 5.02 Å². The van der Waals surface area contributed by atoms with Crippen molar-refractivity contribution in [3.8, 4) is 5.75 Å². The second-order valence-electron chi connectivity index (χ2n) is 10.6. The number of carbonyl (C=O) groups is 3. The Morgan fingerprint density at radius 3 is 2.52 bits per heavy atom. The summed E-state index contributed by atoms with van der Waals surface area (Å²) in [5, 5.41) is 1.41. The predicted molar refractivity (Wildman–Crippen MR) is 151 cm³/mol. The fourth-order valence-corrected chi connectivity index (χ4v) is 10.4. The molecule has 3 heterocycles. The van der Waals surface area contributed by atoms with Crippen molar-refractivity contribution in [2.24, 2.45) is 29.6 Å². The summed E-state index contributed by atoms with van der Waals surface area (Å²) in [6.07, 6.45) is 0.783. The third-order valence-electron chi connectivity index (χ3n) is 8.71. The van der Waals surface area contributed by atoms with Crippen molar-refractivity contribution in [1.82, 2.24) is 4.98 Å². The Bertz CT molecular complexity index is 1590. The fraction of sp³-hybridized carbons (Fsp3) is 0.379. The number of carbonyl (C=O) groups excluding carboxylic acids is 3. The molecule has 8 nitrogen and oxygen atoms in total. The first-order chi connectivity index (χ1) is 19.4. The lowest BCUT2D eigenvalue weighted by atomic mass is 9.68. The van der Waals surface area contributed by atoms with Crippen molar-refractivity contribution >= 4 is 58.2 Å². The highest BCUT2D eigenvalue weighted by Crippen LogP contribution is 2.69. The summed E-state index contributed by atoms with van der Waals surface area (Å²) in [6.45, 7) is 1.78. The summed E-state index contributed by atoms with van der Waals surface area (Å²) in [6, 6.07) is 14.4. The van der Waals surface area contributed by atoms with Crippen LogP contribution in [0.25, 0.3) is 0 Å². The average Bonchev–Trinajstić information content (AvgIpc) is 3.67. The molecule has 2 aliphatic heterocycles. The van der Waals surface area contributed by atoms with Gasteiger partial charge in [-0.2, -0.15) is 0 Å². The number of thioether (sulfide) groups is 1. The molecule has 2 amide bonds. The predicted octanol–water partition coefficient (Wildman–Crippen LogP) is 4.71. The molecule has 0 radical (unpaired) electrons. The number of nitrogens with zero attached hydrogens (tertiary/aromatic N) is 1. The first-order valence-corrected chi connectivity index (χ1v) is 15.3. The zero-order chi connectivity index (χ0) is 27.7. The highest BCUT2D eigenvalue weighted by Gasteiger charge is 2.69. The van der Waals surface area contributed by atoms with Crippen LogP contribution < -0.4 is 14.5 Å². The number of halogens is 1. The molecule has 2 saturated carbocycles. The Hall–Kier alpha value is -3.08. The van der Waals surface area contributed by atoms with E-state index < -0.39 is 11.9 Å². The second-order valence-corrected chi connectivity index (χ2v) is 13.2. The monoisotopic (exact) mass is 596 g/mol. The van der Waals surface area contributed by atoms with Gasteiger partial charge in [-0.3, -0.25) is 19.3 Å². The number of anilines is 1. The first-order valence-electron chi connectivity index (χ1n) is 13.3. The number of para-hydroxylation sites is 1. The van der Waals surface area contributed by atoms with E-state index in [-0.39, 0.29) is 64.7 Å². The van der Waals surface area contributed by atoms with Crippen LogP contribution in [0.3, 0.4) is 0 Å². The highest BCUT2D eigenvalue weighted by atomic mass is 35.5. The zero-order valence-corrected chi connectivity index (χ0v) is 23.8. The SMILES string of the molecule is CCOC(=O)COc1ccccc1[C@H]1c2sc(=O)[nH]c2SC2C1[C@H]1C[C@@H]2C2C(=O)N(c3ccc(Cl)cc3)C(=O)C21. The van der Waals surface area contributed by atoms with E-state index in [4.69, 9.17) is 21.1 Å². The lowest BCUT2D eigenvalue weighted by molar-refractivity contribution is -0.145. The van der Waals surface area contributed by atoms with Gasteiger partial charge >= 0.3 is 10.8 Å². The molecule has 0 spiro atoms. The van der Waals surface area contributed by atoms with Crippen LogP contribution in [-0.4, -0.2) is 41.2 Å². The summed E-state index contributed by atoms with van der Waals surface area (Å²) in [7, 11) is 0. The molecule has 2 aliphatic carbocycles. The number of fused-ring (bicyclic) bond motifs is 9. The Morgan fingerprint density at radius 1 is 1.05 bits per heavy atom. The molecule has 1 N–H and O–H groups in total. The summed E-state index contributed by atoms with van der Waals surface area (Å²) < 4.78 is 11.0. The number of aromatic nitrogens is 1. The minimum Gasteiger partial charge on any atom is -0.482 e. The molecule has 2 bridgehead atoms. The van der Waals surface area contributed by atoms with E-state index in [0.717, 1.165) is 21.9 Å². The van der Waals surface area contributed by atoms with Crippen molar-refractivity contribution in [3.05, 3.63) is 73.7 Å². The smallest absolute Gasteiger partial charge is 0.344 e. The van der Waals surface area contributed by atoms with Gasteiger partial charge in [0.15, 0.2) is 6.61 Å². The van der Waals surface area contributed by atoms with Gasteiger partial charge in [0.2, 0.25) is 11.8 Å². The number of benzene rings is 2. The van der Waals surface area contributed by atoms with Gasteiger partial charge in [-0.25, -0.2) is 4.79 Å². The molecule has 4 aliphatic rings. The van der Waals surface area contributed by atoms with Gasteiger partial charge in [0.25, 0.3) is 0 Å². The molecule has 11 heteroatoms. The Kier molecular flexibility index (Phi) is 6.32. The topological polar surface area (TPSA) is 106 Å². The highest BCUT2D eigenvalue weighted by molar-refractivity contribution is 8.00. The average molecular weight is 597 g/mol. The van der Waals surface area contributed by atoms with Crippen LogP contribution in [0, 0.1) is 29.6 Å². The Balaban J connectivity index is 1.28. The van der Waals surface area contributed by atoms with Crippen molar-refractivity contribution in [2.45, 2.75) is 29.5 Å². The van der Waals surface area contributed by atoms with E-state index in [9.17, 15) is 19.2 Å². The van der Waals surface area contributed by atoms with E-state index in [0.29, 0.717) is 16.5 Å². The summed E-state index contributed by atoms with van der Waals surface area (Å²) >= 11 is 8.88. The molecule has 7 atom stereocenters. The number of hydrogen-bond acceptors (Lipinski definition) is 8. The van der Waals surface area contributed by atoms with Crippen molar-refractivity contribution in [2.75, 3.05) is 18.1 Å². The molecule has 3 fully saturated rings. The maximum atomic E-state index is 13.9. The van der Waals surface area contributed by atoms with E-state index in [2.05, 4.69) is 4.98 Å². The van der Waals surface area contributed by atoms with E-state index in [1.165, 1.54) is 16.2 Å². The number of imide groups is 1. The quantitative estimate of drug-likeness (QED) is 0.324. The van der Waals surface area contributed by atoms with Crippen LogP contribution in [0.5, 0.6) is 5.75 Å². The normalized spacial score (nSPS) is 29.8. The van der Waals surface area contributed by atoms with Crippen LogP contribution in [0.1, 0.15) is 29.7 Å². The number of aromatic amines is 1. The minimum atomic E-state index is -0.457. The first kappa shape index (κ1) is 25.9. The Morgan fingerprint density at radius 2 is 1.77 bits per heavy atom. The number of H-pyrrole nitrogens is 1. The third kappa shape index (κ3) is 3.87. The number of rotatable bonds is 6. The van der Waals surface area contributed by atoms with E-state index in [1.807, 2.05) is 24.3 Å². The number of thiazole rings is 1. The minimum absolute atomic E-state index is 0.00501. The number of hydrogen-bond donors (Lipinski definition) is 1. The standard InChI is InChI=1S/C29H25ClN2O6S2/c1-2-37-19(33)12-38-18-6-4-3-5-15(18)20-21-16-11-17(24(21)39-26-25(20)40-29(36)31-26)23-22(16)27(34)32(28(23)35)14-9-7-13(30)8-10-14/h3-10,16-17,20-24H,2,11-12H2,1H3,(H,31,36)/t16-,17-,20-,21?,22?,23?,24?/m1/s1. The summed E-state index contributed by atoms with van der Waals surface area (Å²) in [5.74, 6) is -1.24. The van der Waals surface area contributed by atoms with Gasteiger partial charge in [0, 0.05) is 26.6 Å².